The number of hydrogen-bond donors (Lipinski definition) is 7. The van der Waals surface area contributed by atoms with Gasteiger partial charge in [0.05, 0.1) is 25.9 Å². The highest BCUT2D eigenvalue weighted by Crippen LogP contribution is 2.49. The molecular weight excluding hydrogens is 1270 g/mol. The number of esters is 4. The molecular formula is C77H145N2O18P. The van der Waals surface area contributed by atoms with Crippen molar-refractivity contribution in [2.75, 3.05) is 13.2 Å². The molecule has 0 saturated carbocycles. The summed E-state index contributed by atoms with van der Waals surface area (Å²) in [5, 5.41) is 42.2. The fourth-order valence-electron chi connectivity index (χ4n) is 13.3. The predicted octanol–water partition coefficient (Wildman–Crippen LogP) is 17.7. The molecule has 0 bridgehead atoms. The molecule has 0 aromatic heterocycles. The first-order valence-corrected chi connectivity index (χ1v) is 41.6. The van der Waals surface area contributed by atoms with Crippen LogP contribution in [0.1, 0.15) is 395 Å². The van der Waals surface area contributed by atoms with Crippen LogP contribution in [0.15, 0.2) is 0 Å². The molecule has 1 heterocycles. The number of ether oxygens (including phenoxy) is 5. The smallest absolute Gasteiger partial charge is 0.462 e. The van der Waals surface area contributed by atoms with Gasteiger partial charge in [-0.3, -0.25) is 33.3 Å². The van der Waals surface area contributed by atoms with Crippen molar-refractivity contribution in [3.8, 4) is 0 Å². The number of phosphoric acid groups is 1. The van der Waals surface area contributed by atoms with Crippen molar-refractivity contribution in [3.05, 3.63) is 0 Å². The third-order valence-corrected chi connectivity index (χ3v) is 19.7. The first-order valence-electron chi connectivity index (χ1n) is 40.1. The van der Waals surface area contributed by atoms with Crippen LogP contribution < -0.4 is 10.6 Å². The maximum absolute atomic E-state index is 15.0. The quantitative estimate of drug-likeness (QED) is 0.00978. The number of unbranched alkanes of at least 4 members (excludes halogenated alkanes) is 38. The van der Waals surface area contributed by atoms with E-state index in [-0.39, 0.29) is 57.5 Å². The first kappa shape index (κ1) is 92.8. The van der Waals surface area contributed by atoms with E-state index in [0.717, 1.165) is 193 Å². The molecule has 21 heteroatoms. The Morgan fingerprint density at radius 3 is 1.08 bits per heavy atom. The molecule has 0 unspecified atom stereocenters. The highest BCUT2D eigenvalue weighted by Gasteiger charge is 2.70. The molecule has 0 aromatic carbocycles. The molecule has 98 heavy (non-hydrogen) atoms. The first-order chi connectivity index (χ1) is 47.3. The van der Waals surface area contributed by atoms with Crippen LogP contribution in [0.2, 0.25) is 0 Å². The standard InChI is InChI=1S/C77H145N2O18P/c1-7-13-19-24-29-32-37-40-46-52-64(92-71(84)56-49-43-35-27-22-16-10-4)60-68(81)78-59-51-58-76(79-69(82)61-65(93-70(83)55-45-18-12-6)53-47-41-38-33-30-25-20-14-8-2)75(87)95-67(63-80)74(97-98(89,90)91)77(76,88)96-73(86)62-66(54-48-42-39-34-31-26-21-15-9-3)94-72(85)57-50-44-36-28-23-17-11-5/h64-67,74-75,80,87-88H,7-63H2,1-6H3,(H,78,81)(H,79,82)(H2,89,90,91)/t64-,65-,66-,67-,74-,75+,76+,77+/m1/s1. The zero-order valence-corrected chi connectivity index (χ0v) is 63.7. The van der Waals surface area contributed by atoms with Crippen molar-refractivity contribution >= 4 is 43.5 Å². The minimum atomic E-state index is -5.76. The maximum atomic E-state index is 15.0. The Hall–Kier alpha value is -3.23. The van der Waals surface area contributed by atoms with Gasteiger partial charge in [-0.2, -0.15) is 0 Å². The second kappa shape index (κ2) is 60.2. The Morgan fingerprint density at radius 2 is 0.735 bits per heavy atom. The highest BCUT2D eigenvalue weighted by molar-refractivity contribution is 7.46. The third-order valence-electron chi connectivity index (χ3n) is 19.2. The number of nitrogens with one attached hydrogen (secondary N) is 2. The van der Waals surface area contributed by atoms with Crippen LogP contribution in [0.25, 0.3) is 0 Å². The van der Waals surface area contributed by atoms with Crippen molar-refractivity contribution < 1.29 is 86.6 Å². The van der Waals surface area contributed by atoms with Crippen LogP contribution in [-0.2, 0) is 61.5 Å². The van der Waals surface area contributed by atoms with Gasteiger partial charge in [-0.25, -0.2) is 4.57 Å². The van der Waals surface area contributed by atoms with E-state index in [4.69, 9.17) is 28.2 Å². The number of phosphoric ester groups is 1. The molecule has 0 radical (unpaired) electrons. The monoisotopic (exact) mass is 1420 g/mol. The van der Waals surface area contributed by atoms with E-state index >= 15 is 0 Å². The number of carbonyl (C=O) groups is 6. The Morgan fingerprint density at radius 1 is 0.429 bits per heavy atom. The lowest BCUT2D eigenvalue weighted by Crippen LogP contribution is -2.81. The summed E-state index contributed by atoms with van der Waals surface area (Å²) in [5.74, 6) is -7.66. The summed E-state index contributed by atoms with van der Waals surface area (Å²) in [5.41, 5.74) is -2.81. The van der Waals surface area contributed by atoms with Gasteiger partial charge in [-0.15, -0.1) is 0 Å². The summed E-state index contributed by atoms with van der Waals surface area (Å²) in [6.45, 7) is 11.5. The van der Waals surface area contributed by atoms with Gasteiger partial charge < -0.3 is 59.4 Å². The summed E-state index contributed by atoms with van der Waals surface area (Å²) >= 11 is 0. The number of rotatable bonds is 68. The molecule has 2 amide bonds. The number of hydrogen-bond acceptors (Lipinski definition) is 16. The molecule has 1 saturated heterocycles. The van der Waals surface area contributed by atoms with Gasteiger partial charge >= 0.3 is 31.7 Å². The average molecular weight is 1420 g/mol. The summed E-state index contributed by atoms with van der Waals surface area (Å²) in [7, 11) is -5.76. The van der Waals surface area contributed by atoms with Crippen molar-refractivity contribution in [1.82, 2.24) is 10.6 Å². The van der Waals surface area contributed by atoms with E-state index < -0.39 is 112 Å². The van der Waals surface area contributed by atoms with Gasteiger partial charge in [0, 0.05) is 25.8 Å². The van der Waals surface area contributed by atoms with Gasteiger partial charge in [0.2, 0.25) is 11.8 Å². The van der Waals surface area contributed by atoms with Crippen LogP contribution in [0, 0.1) is 0 Å². The van der Waals surface area contributed by atoms with E-state index in [0.29, 0.717) is 38.5 Å². The van der Waals surface area contributed by atoms with Crippen molar-refractivity contribution in [2.24, 2.45) is 0 Å². The van der Waals surface area contributed by atoms with Crippen LogP contribution in [0.4, 0.5) is 0 Å². The number of aliphatic hydroxyl groups excluding tert-OH is 2. The van der Waals surface area contributed by atoms with Gasteiger partial charge in [-0.05, 0) is 70.6 Å². The molecule has 0 aromatic rings. The van der Waals surface area contributed by atoms with Crippen LogP contribution in [-0.4, -0.2) is 122 Å². The van der Waals surface area contributed by atoms with E-state index in [1.165, 1.54) is 57.8 Å². The van der Waals surface area contributed by atoms with Gasteiger partial charge in [-0.1, -0.05) is 286 Å². The Bertz CT molecular complexity index is 2070. The fraction of sp³-hybridized carbons (Fsp3) is 0.922. The number of carbonyl (C=O) groups excluding carboxylic acids is 6. The third kappa shape index (κ3) is 45.7. The van der Waals surface area contributed by atoms with Gasteiger partial charge in [0.25, 0.3) is 5.79 Å². The van der Waals surface area contributed by atoms with E-state index in [2.05, 4.69) is 45.3 Å². The molecule has 7 N–H and O–H groups in total. The second-order valence-electron chi connectivity index (χ2n) is 28.4. The maximum Gasteiger partial charge on any atom is 0.470 e. The van der Waals surface area contributed by atoms with E-state index in [9.17, 15) is 58.4 Å². The zero-order valence-electron chi connectivity index (χ0n) is 62.8. The topological polar surface area (TPSA) is 300 Å². The number of aliphatic hydroxyl groups is 3. The molecule has 1 rings (SSSR count). The minimum absolute atomic E-state index is 0.0885. The molecule has 1 aliphatic heterocycles. The second-order valence-corrected chi connectivity index (χ2v) is 29.6. The lowest BCUT2D eigenvalue weighted by molar-refractivity contribution is -0.380. The summed E-state index contributed by atoms with van der Waals surface area (Å²) < 4.78 is 48.2. The predicted molar refractivity (Wildman–Crippen MR) is 387 cm³/mol. The molecule has 0 aliphatic carbocycles. The molecule has 8 atom stereocenters. The molecule has 1 fully saturated rings. The minimum Gasteiger partial charge on any atom is -0.462 e. The molecule has 576 valence electrons. The highest BCUT2D eigenvalue weighted by atomic mass is 31.2. The van der Waals surface area contributed by atoms with Gasteiger partial charge in [0.1, 0.15) is 24.4 Å². The van der Waals surface area contributed by atoms with Crippen LogP contribution >= 0.6 is 7.82 Å². The van der Waals surface area contributed by atoms with Crippen LogP contribution in [0.5, 0.6) is 0 Å². The Balaban J connectivity index is 3.89. The molecule has 0 spiro atoms. The molecule has 20 nitrogen and oxygen atoms in total. The van der Waals surface area contributed by atoms with Crippen molar-refractivity contribution in [1.29, 1.82) is 0 Å². The number of amides is 2. The Kier molecular flexibility index (Phi) is 57.0. The SMILES string of the molecule is CCCCCCCCCCC[C@H](CC(=O)NCCC[C@]1(NC(=O)C[C@@H](CCCCCCCCCCC)OC(=O)CCCCC)[C@@H](O)O[C@H](CO)[C@@H](OP(=O)(O)O)[C@]1(O)OC(=O)C[C@@H](CCCCCCCCCCC)OC(=O)CCCCCCCCC)OC(=O)CCCCCCCCC. The normalized spacial score (nSPS) is 18.8. The van der Waals surface area contributed by atoms with Gasteiger partial charge in [0.15, 0.2) is 17.9 Å². The molecule has 1 aliphatic rings. The van der Waals surface area contributed by atoms with Crippen molar-refractivity contribution in [2.45, 2.75) is 443 Å². The zero-order chi connectivity index (χ0) is 72.4. The summed E-state index contributed by atoms with van der Waals surface area (Å²) in [6.07, 6.45) is 33.1. The lowest BCUT2D eigenvalue weighted by atomic mass is 9.76. The Labute approximate surface area is 594 Å². The fourth-order valence-corrected chi connectivity index (χ4v) is 13.8. The lowest BCUT2D eigenvalue weighted by Gasteiger charge is -2.56. The van der Waals surface area contributed by atoms with E-state index in [1.54, 1.807) is 0 Å². The van der Waals surface area contributed by atoms with E-state index in [1.807, 2.05) is 6.92 Å². The summed E-state index contributed by atoms with van der Waals surface area (Å²) in [4.78, 5) is 105. The summed E-state index contributed by atoms with van der Waals surface area (Å²) in [6, 6.07) is 0. The largest absolute Gasteiger partial charge is 0.470 e. The van der Waals surface area contributed by atoms with Crippen molar-refractivity contribution in [3.63, 3.8) is 0 Å². The average Bonchev–Trinajstić information content (AvgIpc) is 0.718. The van der Waals surface area contributed by atoms with Crippen LogP contribution in [0.3, 0.4) is 0 Å².